The number of allylic oxidation sites excluding steroid dienone is 2. The highest BCUT2D eigenvalue weighted by molar-refractivity contribution is 5.99. The van der Waals surface area contributed by atoms with Gasteiger partial charge in [-0.15, -0.1) is 0 Å². The second kappa shape index (κ2) is 4.64. The van der Waals surface area contributed by atoms with Gasteiger partial charge < -0.3 is 10.1 Å². The molecule has 1 aliphatic rings. The zero-order valence-corrected chi connectivity index (χ0v) is 10.3. The summed E-state index contributed by atoms with van der Waals surface area (Å²) in [5.74, 6) is -0.311. The van der Waals surface area contributed by atoms with Gasteiger partial charge in [0.05, 0.1) is 11.7 Å². The van der Waals surface area contributed by atoms with E-state index in [4.69, 9.17) is 10.1 Å². The lowest BCUT2D eigenvalue weighted by Crippen LogP contribution is -2.16. The molecule has 0 heterocycles. The van der Waals surface area contributed by atoms with Gasteiger partial charge in [0, 0.05) is 5.71 Å². The van der Waals surface area contributed by atoms with Crippen LogP contribution in [0.2, 0.25) is 0 Å². The van der Waals surface area contributed by atoms with Crippen molar-refractivity contribution in [3.8, 4) is 0 Å². The molecule has 0 atom stereocenters. The fourth-order valence-corrected chi connectivity index (χ4v) is 1.67. The molecule has 0 saturated heterocycles. The number of rotatable bonds is 2. The topological polar surface area (TPSA) is 50.2 Å². The summed E-state index contributed by atoms with van der Waals surface area (Å²) in [5.41, 5.74) is 0.904. The van der Waals surface area contributed by atoms with Gasteiger partial charge in [0.1, 0.15) is 0 Å². The first-order valence-corrected chi connectivity index (χ1v) is 5.49. The molecule has 0 radical (unpaired) electrons. The monoisotopic (exact) mass is 221 g/mol. The molecule has 1 rings (SSSR count). The standard InChI is InChI=1S/C13H19NO2/c1-9(2)16-12(15)10-5-6-11(14)8-13(3,4)7-10/h5-7,9,14H,8H2,1-4H3. The van der Waals surface area contributed by atoms with Gasteiger partial charge in [0.15, 0.2) is 0 Å². The lowest BCUT2D eigenvalue weighted by molar-refractivity contribution is -0.142. The predicted molar refractivity (Wildman–Crippen MR) is 64.6 cm³/mol. The van der Waals surface area contributed by atoms with E-state index in [0.29, 0.717) is 17.7 Å². The van der Waals surface area contributed by atoms with Crippen molar-refractivity contribution in [1.82, 2.24) is 0 Å². The van der Waals surface area contributed by atoms with E-state index < -0.39 is 0 Å². The minimum Gasteiger partial charge on any atom is -0.459 e. The fraction of sp³-hybridized carbons (Fsp3) is 0.538. The highest BCUT2D eigenvalue weighted by atomic mass is 16.5. The minimum absolute atomic E-state index is 0.118. The summed E-state index contributed by atoms with van der Waals surface area (Å²) >= 11 is 0. The summed E-state index contributed by atoms with van der Waals surface area (Å²) in [6, 6.07) is 0. The molecule has 0 saturated carbocycles. The van der Waals surface area contributed by atoms with Crippen LogP contribution in [0.15, 0.2) is 23.8 Å². The van der Waals surface area contributed by atoms with Gasteiger partial charge in [-0.05, 0) is 37.8 Å². The van der Waals surface area contributed by atoms with Gasteiger partial charge in [-0.3, -0.25) is 0 Å². The zero-order chi connectivity index (χ0) is 12.3. The van der Waals surface area contributed by atoms with Gasteiger partial charge in [-0.1, -0.05) is 19.9 Å². The third-order valence-corrected chi connectivity index (χ3v) is 2.23. The van der Waals surface area contributed by atoms with Crippen LogP contribution in [0.3, 0.4) is 0 Å². The Labute approximate surface area is 96.7 Å². The maximum absolute atomic E-state index is 11.7. The molecular weight excluding hydrogens is 202 g/mol. The number of ether oxygens (including phenoxy) is 1. The van der Waals surface area contributed by atoms with Crippen LogP contribution in [0, 0.1) is 10.8 Å². The molecule has 0 bridgehead atoms. The maximum Gasteiger partial charge on any atom is 0.338 e. The van der Waals surface area contributed by atoms with Crippen molar-refractivity contribution < 1.29 is 9.53 Å². The summed E-state index contributed by atoms with van der Waals surface area (Å²) in [6.07, 6.45) is 5.74. The summed E-state index contributed by atoms with van der Waals surface area (Å²) < 4.78 is 5.14. The van der Waals surface area contributed by atoms with Crippen molar-refractivity contribution in [3.63, 3.8) is 0 Å². The number of carbonyl (C=O) groups excluding carboxylic acids is 1. The van der Waals surface area contributed by atoms with E-state index in [9.17, 15) is 4.79 Å². The Hall–Kier alpha value is -1.38. The molecule has 0 aromatic carbocycles. The van der Waals surface area contributed by atoms with Crippen LogP contribution < -0.4 is 0 Å². The average molecular weight is 221 g/mol. The van der Waals surface area contributed by atoms with E-state index in [2.05, 4.69) is 0 Å². The number of hydrogen-bond acceptors (Lipinski definition) is 3. The third-order valence-electron chi connectivity index (χ3n) is 2.23. The molecule has 3 nitrogen and oxygen atoms in total. The Balaban J connectivity index is 2.92. The third kappa shape index (κ3) is 3.65. The van der Waals surface area contributed by atoms with Crippen molar-refractivity contribution in [2.75, 3.05) is 0 Å². The van der Waals surface area contributed by atoms with Gasteiger partial charge in [0.2, 0.25) is 0 Å². The van der Waals surface area contributed by atoms with Crippen LogP contribution >= 0.6 is 0 Å². The highest BCUT2D eigenvalue weighted by Gasteiger charge is 2.22. The number of esters is 1. The maximum atomic E-state index is 11.7. The molecule has 0 aromatic heterocycles. The first-order valence-electron chi connectivity index (χ1n) is 5.49. The molecule has 16 heavy (non-hydrogen) atoms. The summed E-state index contributed by atoms with van der Waals surface area (Å²) in [5, 5.41) is 7.68. The lowest BCUT2D eigenvalue weighted by Gasteiger charge is -2.19. The molecule has 0 amide bonds. The summed E-state index contributed by atoms with van der Waals surface area (Å²) in [4.78, 5) is 11.7. The van der Waals surface area contributed by atoms with Crippen LogP contribution in [-0.2, 0) is 9.53 Å². The zero-order valence-electron chi connectivity index (χ0n) is 10.3. The van der Waals surface area contributed by atoms with Crippen molar-refractivity contribution in [2.24, 2.45) is 5.41 Å². The van der Waals surface area contributed by atoms with Crippen molar-refractivity contribution >= 4 is 11.7 Å². The van der Waals surface area contributed by atoms with Crippen LogP contribution in [0.5, 0.6) is 0 Å². The van der Waals surface area contributed by atoms with E-state index >= 15 is 0 Å². The number of hydrogen-bond donors (Lipinski definition) is 1. The van der Waals surface area contributed by atoms with Gasteiger partial charge in [0.25, 0.3) is 0 Å². The normalized spacial score (nSPS) is 19.3. The minimum atomic E-state index is -0.311. The van der Waals surface area contributed by atoms with Gasteiger partial charge >= 0.3 is 5.97 Å². The summed E-state index contributed by atoms with van der Waals surface area (Å²) in [6.45, 7) is 7.67. The summed E-state index contributed by atoms with van der Waals surface area (Å²) in [7, 11) is 0. The molecule has 1 N–H and O–H groups in total. The quantitative estimate of drug-likeness (QED) is 0.729. The molecular formula is C13H19NO2. The van der Waals surface area contributed by atoms with E-state index in [1.54, 1.807) is 12.2 Å². The van der Waals surface area contributed by atoms with Crippen LogP contribution in [0.4, 0.5) is 0 Å². The van der Waals surface area contributed by atoms with E-state index in [-0.39, 0.29) is 17.5 Å². The second-order valence-electron chi connectivity index (χ2n) is 5.08. The fourth-order valence-electron chi connectivity index (χ4n) is 1.67. The van der Waals surface area contributed by atoms with Crippen LogP contribution in [0.25, 0.3) is 0 Å². The molecule has 0 fully saturated rings. The van der Waals surface area contributed by atoms with E-state index in [0.717, 1.165) is 0 Å². The second-order valence-corrected chi connectivity index (χ2v) is 5.08. The highest BCUT2D eigenvalue weighted by Crippen LogP contribution is 2.28. The number of carbonyl (C=O) groups is 1. The Morgan fingerprint density at radius 1 is 1.44 bits per heavy atom. The molecule has 88 valence electrons. The van der Waals surface area contributed by atoms with Crippen molar-refractivity contribution in [3.05, 3.63) is 23.8 Å². The Bertz CT molecular complexity index is 362. The lowest BCUT2D eigenvalue weighted by atomic mass is 9.86. The van der Waals surface area contributed by atoms with Crippen LogP contribution in [-0.4, -0.2) is 17.8 Å². The molecule has 1 aliphatic carbocycles. The number of nitrogens with one attached hydrogen (secondary N) is 1. The van der Waals surface area contributed by atoms with Crippen molar-refractivity contribution in [1.29, 1.82) is 5.41 Å². The first-order chi connectivity index (χ1) is 7.30. The van der Waals surface area contributed by atoms with Crippen LogP contribution in [0.1, 0.15) is 34.1 Å². The molecule has 3 heteroatoms. The van der Waals surface area contributed by atoms with E-state index in [1.807, 2.05) is 33.8 Å². The van der Waals surface area contributed by atoms with E-state index in [1.165, 1.54) is 0 Å². The van der Waals surface area contributed by atoms with Crippen molar-refractivity contribution in [2.45, 2.75) is 40.2 Å². The largest absolute Gasteiger partial charge is 0.459 e. The Morgan fingerprint density at radius 3 is 2.62 bits per heavy atom. The predicted octanol–water partition coefficient (Wildman–Crippen LogP) is 2.87. The Morgan fingerprint density at radius 2 is 2.06 bits per heavy atom. The Kier molecular flexibility index (Phi) is 3.68. The smallest absolute Gasteiger partial charge is 0.338 e. The molecule has 0 spiro atoms. The van der Waals surface area contributed by atoms with Gasteiger partial charge in [-0.25, -0.2) is 4.79 Å². The molecule has 0 unspecified atom stereocenters. The molecule has 0 aliphatic heterocycles. The molecule has 0 aromatic rings. The van der Waals surface area contributed by atoms with Gasteiger partial charge in [-0.2, -0.15) is 0 Å². The average Bonchev–Trinajstić information content (AvgIpc) is 2.22. The first kappa shape index (κ1) is 12.7. The SMILES string of the molecule is CC(C)OC(=O)C1=CC(C)(C)CC(=N)C=C1.